The Hall–Kier alpha value is -2.94. The molecule has 3 heteroatoms. The van der Waals surface area contributed by atoms with E-state index in [0.717, 1.165) is 11.2 Å². The second-order valence-corrected chi connectivity index (χ2v) is 8.15. The van der Waals surface area contributed by atoms with Gasteiger partial charge in [0.05, 0.1) is 17.1 Å². The first-order valence-electron chi connectivity index (χ1n) is 10.1. The van der Waals surface area contributed by atoms with Gasteiger partial charge >= 0.3 is 0 Å². The van der Waals surface area contributed by atoms with Gasteiger partial charge in [-0.2, -0.15) is 0 Å². The Morgan fingerprint density at radius 2 is 1.50 bits per heavy atom. The summed E-state index contributed by atoms with van der Waals surface area (Å²) in [6.07, 6.45) is 0.219. The van der Waals surface area contributed by atoms with Crippen LogP contribution in [0.25, 0.3) is 21.9 Å². The van der Waals surface area contributed by atoms with Crippen LogP contribution in [0.2, 0.25) is 0 Å². The molecule has 1 aliphatic rings. The van der Waals surface area contributed by atoms with Gasteiger partial charge in [-0.25, -0.2) is 0 Å². The van der Waals surface area contributed by atoms with Crippen molar-refractivity contribution in [1.29, 1.82) is 0 Å². The molecule has 3 nitrogen and oxygen atoms in total. The van der Waals surface area contributed by atoms with E-state index in [1.807, 2.05) is 0 Å². The highest BCUT2D eigenvalue weighted by atomic mass is 16.3. The van der Waals surface area contributed by atoms with Crippen LogP contribution in [-0.2, 0) is 0 Å². The number of benzene rings is 3. The molecule has 0 unspecified atom stereocenters. The summed E-state index contributed by atoms with van der Waals surface area (Å²) in [5.41, 5.74) is 8.09. The fourth-order valence-corrected chi connectivity index (χ4v) is 4.82. The van der Waals surface area contributed by atoms with Crippen LogP contribution in [0.3, 0.4) is 0 Å². The minimum atomic E-state index is 0.219. The van der Waals surface area contributed by atoms with Gasteiger partial charge in [0.1, 0.15) is 11.7 Å². The van der Waals surface area contributed by atoms with Crippen LogP contribution >= 0.6 is 0 Å². The molecule has 0 N–H and O–H groups in total. The first-order chi connectivity index (χ1) is 13.5. The highest BCUT2D eigenvalue weighted by molar-refractivity contribution is 6.11. The lowest BCUT2D eigenvalue weighted by molar-refractivity contribution is 0.602. The lowest BCUT2D eigenvalue weighted by Gasteiger charge is -2.33. The predicted molar refractivity (Wildman–Crippen MR) is 119 cm³/mol. The summed E-state index contributed by atoms with van der Waals surface area (Å²) in [6, 6.07) is 19.9. The molecule has 0 spiro atoms. The van der Waals surface area contributed by atoms with Crippen LogP contribution < -0.4 is 9.80 Å². The van der Waals surface area contributed by atoms with Gasteiger partial charge in [0, 0.05) is 16.8 Å². The first kappa shape index (κ1) is 17.2. The van der Waals surface area contributed by atoms with Crippen LogP contribution in [0.4, 0.5) is 17.1 Å². The molecule has 0 saturated carbocycles. The largest absolute Gasteiger partial charge is 0.454 e. The van der Waals surface area contributed by atoms with E-state index in [0.29, 0.717) is 6.04 Å². The zero-order chi connectivity index (χ0) is 19.6. The van der Waals surface area contributed by atoms with Gasteiger partial charge in [0.25, 0.3) is 0 Å². The molecular formula is C25H26N2O. The van der Waals surface area contributed by atoms with Crippen molar-refractivity contribution >= 4 is 39.0 Å². The summed E-state index contributed by atoms with van der Waals surface area (Å²) < 4.78 is 6.51. The summed E-state index contributed by atoms with van der Waals surface area (Å²) in [4.78, 5) is 4.94. The van der Waals surface area contributed by atoms with Gasteiger partial charge in [0.2, 0.25) is 0 Å². The molecule has 28 heavy (non-hydrogen) atoms. The standard InChI is InChI=1S/C25H26N2O/c1-15(2)26-18(5)27(22-12-7-6-11-21(22)26)23-16(3)13-14-20-19-10-8-9-17(4)24(19)28-25(20)23/h6-15,18H,1-5H3/t18-/m1/s1. The van der Waals surface area contributed by atoms with Crippen molar-refractivity contribution in [2.45, 2.75) is 46.8 Å². The Morgan fingerprint density at radius 1 is 0.786 bits per heavy atom. The second-order valence-electron chi connectivity index (χ2n) is 8.15. The molecule has 3 aromatic carbocycles. The molecule has 0 fully saturated rings. The number of hydrogen-bond acceptors (Lipinski definition) is 3. The van der Waals surface area contributed by atoms with Gasteiger partial charge in [-0.1, -0.05) is 42.5 Å². The Labute approximate surface area is 166 Å². The van der Waals surface area contributed by atoms with E-state index < -0.39 is 0 Å². The Bertz CT molecular complexity index is 1200. The van der Waals surface area contributed by atoms with Crippen LogP contribution in [0.15, 0.2) is 59.0 Å². The smallest absolute Gasteiger partial charge is 0.159 e. The SMILES string of the molecule is Cc1ccc2c(oc3c(C)cccc32)c1N1c2ccccc2N(C(C)C)[C@H]1C. The molecule has 5 rings (SSSR count). The van der Waals surface area contributed by atoms with E-state index in [2.05, 4.69) is 99.0 Å². The van der Waals surface area contributed by atoms with E-state index in [1.165, 1.54) is 39.0 Å². The predicted octanol–water partition coefficient (Wildman–Crippen LogP) is 6.92. The fraction of sp³-hybridized carbons (Fsp3) is 0.280. The third-order valence-electron chi connectivity index (χ3n) is 6.03. The fourth-order valence-electron chi connectivity index (χ4n) is 4.82. The Balaban J connectivity index is 1.83. The number of aryl methyl sites for hydroxylation is 2. The number of anilines is 3. The molecule has 4 aromatic rings. The molecule has 0 amide bonds. The summed E-state index contributed by atoms with van der Waals surface area (Å²) in [5.74, 6) is 0. The van der Waals surface area contributed by atoms with Crippen LogP contribution in [0.5, 0.6) is 0 Å². The number of furan rings is 1. The number of fused-ring (bicyclic) bond motifs is 4. The second kappa shape index (κ2) is 6.03. The summed E-state index contributed by atoms with van der Waals surface area (Å²) >= 11 is 0. The van der Waals surface area contributed by atoms with Crippen LogP contribution in [0, 0.1) is 13.8 Å². The summed E-state index contributed by atoms with van der Waals surface area (Å²) in [7, 11) is 0. The zero-order valence-electron chi connectivity index (χ0n) is 17.2. The Kier molecular flexibility index (Phi) is 3.70. The van der Waals surface area contributed by atoms with E-state index in [9.17, 15) is 0 Å². The lowest BCUT2D eigenvalue weighted by atomic mass is 10.1. The van der Waals surface area contributed by atoms with Crippen molar-refractivity contribution in [3.05, 3.63) is 65.7 Å². The summed E-state index contributed by atoms with van der Waals surface area (Å²) in [5, 5.41) is 2.38. The minimum Gasteiger partial charge on any atom is -0.454 e. The molecule has 0 aliphatic carbocycles. The normalized spacial score (nSPS) is 16.6. The topological polar surface area (TPSA) is 19.6 Å². The van der Waals surface area contributed by atoms with Gasteiger partial charge in [-0.05, 0) is 57.9 Å². The number of rotatable bonds is 2. The molecule has 1 aliphatic heterocycles. The average Bonchev–Trinajstić information content (AvgIpc) is 3.18. The molecule has 0 saturated heterocycles. The van der Waals surface area contributed by atoms with Crippen LogP contribution in [0.1, 0.15) is 31.9 Å². The van der Waals surface area contributed by atoms with Crippen molar-refractivity contribution in [3.8, 4) is 0 Å². The first-order valence-corrected chi connectivity index (χ1v) is 10.1. The highest BCUT2D eigenvalue weighted by Crippen LogP contribution is 2.49. The molecule has 1 aromatic heterocycles. The molecule has 0 radical (unpaired) electrons. The minimum absolute atomic E-state index is 0.219. The van der Waals surface area contributed by atoms with Crippen molar-refractivity contribution < 1.29 is 4.42 Å². The van der Waals surface area contributed by atoms with E-state index in [1.54, 1.807) is 0 Å². The monoisotopic (exact) mass is 370 g/mol. The molecule has 142 valence electrons. The van der Waals surface area contributed by atoms with Crippen molar-refractivity contribution in [2.24, 2.45) is 0 Å². The van der Waals surface area contributed by atoms with Crippen molar-refractivity contribution in [3.63, 3.8) is 0 Å². The number of nitrogens with zero attached hydrogens (tertiary/aromatic N) is 2. The van der Waals surface area contributed by atoms with Crippen molar-refractivity contribution in [2.75, 3.05) is 9.80 Å². The van der Waals surface area contributed by atoms with Crippen LogP contribution in [-0.4, -0.2) is 12.2 Å². The van der Waals surface area contributed by atoms with E-state index >= 15 is 0 Å². The van der Waals surface area contributed by atoms with Gasteiger partial charge in [-0.3, -0.25) is 0 Å². The van der Waals surface area contributed by atoms with Gasteiger partial charge in [0.15, 0.2) is 5.58 Å². The molecule has 2 heterocycles. The highest BCUT2D eigenvalue weighted by Gasteiger charge is 2.37. The maximum Gasteiger partial charge on any atom is 0.159 e. The molecule has 0 bridgehead atoms. The molecule has 1 atom stereocenters. The average molecular weight is 370 g/mol. The van der Waals surface area contributed by atoms with E-state index in [4.69, 9.17) is 4.42 Å². The third kappa shape index (κ3) is 2.22. The van der Waals surface area contributed by atoms with Crippen molar-refractivity contribution in [1.82, 2.24) is 0 Å². The maximum atomic E-state index is 6.51. The zero-order valence-corrected chi connectivity index (χ0v) is 17.2. The number of hydrogen-bond donors (Lipinski definition) is 0. The Morgan fingerprint density at radius 3 is 2.25 bits per heavy atom. The van der Waals surface area contributed by atoms with Gasteiger partial charge < -0.3 is 14.2 Å². The number of para-hydroxylation sites is 3. The quantitative estimate of drug-likeness (QED) is 0.382. The lowest BCUT2D eigenvalue weighted by Crippen LogP contribution is -2.42. The van der Waals surface area contributed by atoms with E-state index in [-0.39, 0.29) is 6.17 Å². The van der Waals surface area contributed by atoms with Gasteiger partial charge in [-0.15, -0.1) is 0 Å². The summed E-state index contributed by atoms with van der Waals surface area (Å²) in [6.45, 7) is 11.1. The third-order valence-corrected chi connectivity index (χ3v) is 6.03. The maximum absolute atomic E-state index is 6.51. The molecular weight excluding hydrogens is 344 g/mol.